The van der Waals surface area contributed by atoms with Gasteiger partial charge in [0.25, 0.3) is 0 Å². The van der Waals surface area contributed by atoms with Crippen LogP contribution in [0.4, 0.5) is 4.39 Å². The fourth-order valence-corrected chi connectivity index (χ4v) is 2.25. The smallest absolute Gasteiger partial charge is 0.174 e. The molecule has 1 aromatic carbocycles. The first-order valence-electron chi connectivity index (χ1n) is 7.06. The van der Waals surface area contributed by atoms with Gasteiger partial charge in [-0.25, -0.2) is 9.37 Å². The quantitative estimate of drug-likeness (QED) is 0.716. The van der Waals surface area contributed by atoms with Crippen LogP contribution in [-0.2, 0) is 0 Å². The Bertz CT molecular complexity index is 780. The van der Waals surface area contributed by atoms with E-state index in [4.69, 9.17) is 4.74 Å². The van der Waals surface area contributed by atoms with Crippen molar-refractivity contribution in [3.8, 4) is 17.0 Å². The standard InChI is InChI=1S/C17H17FN2O/c1-3-9-21-15-6-4-5-13(17(15)18)14-11-20-8-7-12(2)10-16(20)19-14/h4-8,10-11H,3,9H2,1-2H3. The highest BCUT2D eigenvalue weighted by Gasteiger charge is 2.13. The number of aromatic nitrogens is 2. The van der Waals surface area contributed by atoms with Gasteiger partial charge in [0.15, 0.2) is 11.6 Å². The second-order valence-corrected chi connectivity index (χ2v) is 5.06. The van der Waals surface area contributed by atoms with Crippen molar-refractivity contribution in [3.05, 3.63) is 54.1 Å². The van der Waals surface area contributed by atoms with Gasteiger partial charge in [-0.15, -0.1) is 0 Å². The molecule has 0 radical (unpaired) electrons. The molecule has 0 aliphatic rings. The van der Waals surface area contributed by atoms with Crippen molar-refractivity contribution >= 4 is 5.65 Å². The number of benzene rings is 1. The molecule has 0 N–H and O–H groups in total. The number of rotatable bonds is 4. The Labute approximate surface area is 123 Å². The number of pyridine rings is 1. The third kappa shape index (κ3) is 2.61. The zero-order valence-electron chi connectivity index (χ0n) is 12.1. The molecule has 0 amide bonds. The molecular weight excluding hydrogens is 267 g/mol. The Morgan fingerprint density at radius 3 is 2.95 bits per heavy atom. The fourth-order valence-electron chi connectivity index (χ4n) is 2.25. The maximum atomic E-state index is 14.5. The van der Waals surface area contributed by atoms with Crippen molar-refractivity contribution in [1.82, 2.24) is 9.38 Å². The number of ether oxygens (including phenoxy) is 1. The topological polar surface area (TPSA) is 26.5 Å². The lowest BCUT2D eigenvalue weighted by Gasteiger charge is -2.07. The molecule has 0 fully saturated rings. The van der Waals surface area contributed by atoms with Crippen molar-refractivity contribution in [2.45, 2.75) is 20.3 Å². The molecule has 0 saturated heterocycles. The van der Waals surface area contributed by atoms with Gasteiger partial charge in [0.2, 0.25) is 0 Å². The highest BCUT2D eigenvalue weighted by atomic mass is 19.1. The van der Waals surface area contributed by atoms with Gasteiger partial charge in [-0.05, 0) is 43.2 Å². The average Bonchev–Trinajstić information content (AvgIpc) is 2.89. The Hall–Kier alpha value is -2.36. The number of imidazole rings is 1. The number of hydrogen-bond acceptors (Lipinski definition) is 2. The average molecular weight is 284 g/mol. The van der Waals surface area contributed by atoms with E-state index in [1.54, 1.807) is 18.2 Å². The minimum absolute atomic E-state index is 0.280. The molecule has 2 heterocycles. The molecule has 0 atom stereocenters. The molecule has 21 heavy (non-hydrogen) atoms. The third-order valence-electron chi connectivity index (χ3n) is 3.32. The molecular formula is C17H17FN2O. The molecule has 3 rings (SSSR count). The summed E-state index contributed by atoms with van der Waals surface area (Å²) in [6, 6.07) is 9.13. The molecule has 3 nitrogen and oxygen atoms in total. The summed E-state index contributed by atoms with van der Waals surface area (Å²) in [5.74, 6) is -0.0753. The van der Waals surface area contributed by atoms with E-state index < -0.39 is 0 Å². The molecule has 0 unspecified atom stereocenters. The highest BCUT2D eigenvalue weighted by molar-refractivity contribution is 5.65. The maximum absolute atomic E-state index is 14.5. The second kappa shape index (κ2) is 5.56. The summed E-state index contributed by atoms with van der Waals surface area (Å²) in [5.41, 5.74) is 3.01. The molecule has 4 heteroatoms. The van der Waals surface area contributed by atoms with Gasteiger partial charge in [-0.3, -0.25) is 0 Å². The van der Waals surface area contributed by atoms with Crippen molar-refractivity contribution in [1.29, 1.82) is 0 Å². The van der Waals surface area contributed by atoms with Crippen molar-refractivity contribution < 1.29 is 9.13 Å². The zero-order valence-corrected chi connectivity index (χ0v) is 12.1. The summed E-state index contributed by atoms with van der Waals surface area (Å²) in [6.45, 7) is 4.51. The Morgan fingerprint density at radius 1 is 1.29 bits per heavy atom. The van der Waals surface area contributed by atoms with Crippen LogP contribution in [0.1, 0.15) is 18.9 Å². The lowest BCUT2D eigenvalue weighted by atomic mass is 10.1. The lowest BCUT2D eigenvalue weighted by Crippen LogP contribution is -1.98. The number of halogens is 1. The summed E-state index contributed by atoms with van der Waals surface area (Å²) in [6.07, 6.45) is 4.60. The van der Waals surface area contributed by atoms with Crippen LogP contribution in [0.15, 0.2) is 42.7 Å². The number of hydrogen-bond donors (Lipinski definition) is 0. The Morgan fingerprint density at radius 2 is 2.14 bits per heavy atom. The van der Waals surface area contributed by atoms with Crippen LogP contribution in [0.25, 0.3) is 16.9 Å². The van der Waals surface area contributed by atoms with Crippen molar-refractivity contribution in [2.24, 2.45) is 0 Å². The largest absolute Gasteiger partial charge is 0.491 e. The molecule has 0 aliphatic heterocycles. The first kappa shape index (κ1) is 13.6. The minimum Gasteiger partial charge on any atom is -0.491 e. The SMILES string of the molecule is CCCOc1cccc(-c2cn3ccc(C)cc3n2)c1F. The number of fused-ring (bicyclic) bond motifs is 1. The first-order valence-corrected chi connectivity index (χ1v) is 7.06. The summed E-state index contributed by atoms with van der Waals surface area (Å²) >= 11 is 0. The van der Waals surface area contributed by atoms with Gasteiger partial charge in [0.1, 0.15) is 5.65 Å². The van der Waals surface area contributed by atoms with Crippen molar-refractivity contribution in [3.63, 3.8) is 0 Å². The van der Waals surface area contributed by atoms with Crippen LogP contribution >= 0.6 is 0 Å². The maximum Gasteiger partial charge on any atom is 0.174 e. The van der Waals surface area contributed by atoms with E-state index in [-0.39, 0.29) is 11.6 Å². The van der Waals surface area contributed by atoms with Crippen LogP contribution in [0.5, 0.6) is 5.75 Å². The van der Waals surface area contributed by atoms with E-state index in [0.29, 0.717) is 17.9 Å². The van der Waals surface area contributed by atoms with Crippen LogP contribution in [0.3, 0.4) is 0 Å². The zero-order chi connectivity index (χ0) is 14.8. The Balaban J connectivity index is 2.05. The molecule has 0 spiro atoms. The molecule has 0 saturated carbocycles. The van der Waals surface area contributed by atoms with Crippen LogP contribution in [0, 0.1) is 12.7 Å². The molecule has 0 aliphatic carbocycles. The van der Waals surface area contributed by atoms with E-state index in [1.165, 1.54) is 0 Å². The monoisotopic (exact) mass is 284 g/mol. The molecule has 2 aromatic heterocycles. The van der Waals surface area contributed by atoms with E-state index in [0.717, 1.165) is 17.6 Å². The van der Waals surface area contributed by atoms with Crippen LogP contribution in [0.2, 0.25) is 0 Å². The van der Waals surface area contributed by atoms with Gasteiger partial charge in [-0.1, -0.05) is 13.0 Å². The van der Waals surface area contributed by atoms with E-state index in [1.807, 2.05) is 42.8 Å². The predicted octanol–water partition coefficient (Wildman–Crippen LogP) is 4.24. The summed E-state index contributed by atoms with van der Waals surface area (Å²) in [7, 11) is 0. The number of nitrogens with zero attached hydrogens (tertiary/aromatic N) is 2. The molecule has 108 valence electrons. The van der Waals surface area contributed by atoms with E-state index in [9.17, 15) is 4.39 Å². The lowest BCUT2D eigenvalue weighted by molar-refractivity contribution is 0.302. The predicted molar refractivity (Wildman–Crippen MR) is 81.1 cm³/mol. The minimum atomic E-state index is -0.355. The number of aryl methyl sites for hydroxylation is 1. The molecule has 3 aromatic rings. The summed E-state index contributed by atoms with van der Waals surface area (Å²) in [4.78, 5) is 4.49. The highest BCUT2D eigenvalue weighted by Crippen LogP contribution is 2.29. The summed E-state index contributed by atoms with van der Waals surface area (Å²) < 4.78 is 21.8. The van der Waals surface area contributed by atoms with Gasteiger partial charge >= 0.3 is 0 Å². The van der Waals surface area contributed by atoms with Crippen molar-refractivity contribution in [2.75, 3.05) is 6.61 Å². The van der Waals surface area contributed by atoms with Gasteiger partial charge in [-0.2, -0.15) is 0 Å². The van der Waals surface area contributed by atoms with Crippen LogP contribution < -0.4 is 4.74 Å². The van der Waals surface area contributed by atoms with Gasteiger partial charge in [0.05, 0.1) is 12.3 Å². The fraction of sp³-hybridized carbons (Fsp3) is 0.235. The molecule has 0 bridgehead atoms. The van der Waals surface area contributed by atoms with Crippen LogP contribution in [-0.4, -0.2) is 16.0 Å². The third-order valence-corrected chi connectivity index (χ3v) is 3.32. The van der Waals surface area contributed by atoms with Gasteiger partial charge in [0, 0.05) is 18.0 Å². The van der Waals surface area contributed by atoms with Gasteiger partial charge < -0.3 is 9.14 Å². The first-order chi connectivity index (χ1) is 10.2. The van der Waals surface area contributed by atoms with E-state index in [2.05, 4.69) is 4.98 Å². The Kier molecular flexibility index (Phi) is 3.60. The normalized spacial score (nSPS) is 11.0. The summed E-state index contributed by atoms with van der Waals surface area (Å²) in [5, 5.41) is 0. The second-order valence-electron chi connectivity index (χ2n) is 5.06. The van der Waals surface area contributed by atoms with E-state index >= 15 is 0 Å².